The van der Waals surface area contributed by atoms with Crippen LogP contribution >= 0.6 is 0 Å². The fraction of sp³-hybridized carbons (Fsp3) is 0. The van der Waals surface area contributed by atoms with Crippen LogP contribution in [0.25, 0.3) is 22.3 Å². The van der Waals surface area contributed by atoms with Gasteiger partial charge >= 0.3 is 0 Å². The van der Waals surface area contributed by atoms with Gasteiger partial charge in [0.25, 0.3) is 23.6 Å². The summed E-state index contributed by atoms with van der Waals surface area (Å²) in [6.07, 6.45) is 2.55. The van der Waals surface area contributed by atoms with E-state index in [4.69, 9.17) is 0 Å². The molecule has 6 heteroatoms. The normalized spacial score (nSPS) is 16.3. The van der Waals surface area contributed by atoms with Gasteiger partial charge in [-0.2, -0.15) is 0 Å². The molecule has 0 aromatic heterocycles. The first kappa shape index (κ1) is 15.7. The number of rotatable bonds is 3. The van der Waals surface area contributed by atoms with Gasteiger partial charge in [-0.05, 0) is 22.3 Å². The van der Waals surface area contributed by atoms with Crippen molar-refractivity contribution in [3.05, 3.63) is 71.8 Å². The summed E-state index contributed by atoms with van der Waals surface area (Å²) in [5.41, 5.74) is 3.52. The summed E-state index contributed by atoms with van der Waals surface area (Å²) in [5.74, 6) is -1.71. The molecule has 0 fully saturated rings. The Balaban J connectivity index is 1.74. The Kier molecular flexibility index (Phi) is 3.58. The molecule has 0 unspecified atom stereocenters. The van der Waals surface area contributed by atoms with Gasteiger partial charge in [-0.1, -0.05) is 48.5 Å². The summed E-state index contributed by atoms with van der Waals surface area (Å²) < 4.78 is 0. The molecule has 0 saturated carbocycles. The minimum atomic E-state index is -0.431. The van der Waals surface area contributed by atoms with Crippen LogP contribution in [0.1, 0.15) is 11.1 Å². The quantitative estimate of drug-likeness (QED) is 0.824. The zero-order valence-electron chi connectivity index (χ0n) is 13.4. The van der Waals surface area contributed by atoms with Crippen LogP contribution in [-0.2, 0) is 19.2 Å². The maximum absolute atomic E-state index is 12.0. The van der Waals surface area contributed by atoms with E-state index < -0.39 is 23.6 Å². The fourth-order valence-corrected chi connectivity index (χ4v) is 3.04. The SMILES string of the molecule is O=C1C=C(c2ccc(-c3ccccc3C3=CC(=O)NC3=O)cc2)C(=O)N1. The molecule has 4 amide bonds. The van der Waals surface area contributed by atoms with E-state index in [-0.39, 0.29) is 0 Å². The molecule has 0 radical (unpaired) electrons. The topological polar surface area (TPSA) is 92.3 Å². The monoisotopic (exact) mass is 344 g/mol. The molecular formula is C20H12N2O4. The van der Waals surface area contributed by atoms with E-state index in [1.807, 2.05) is 12.1 Å². The van der Waals surface area contributed by atoms with Crippen molar-refractivity contribution in [2.75, 3.05) is 0 Å². The average Bonchev–Trinajstić information content (AvgIpc) is 3.15. The zero-order valence-corrected chi connectivity index (χ0v) is 13.4. The van der Waals surface area contributed by atoms with E-state index in [2.05, 4.69) is 10.6 Å². The number of benzene rings is 2. The summed E-state index contributed by atoms with van der Waals surface area (Å²) in [5, 5.41) is 4.46. The summed E-state index contributed by atoms with van der Waals surface area (Å²) in [7, 11) is 0. The molecule has 2 aliphatic rings. The molecule has 0 atom stereocenters. The minimum Gasteiger partial charge on any atom is -0.289 e. The lowest BCUT2D eigenvalue weighted by Gasteiger charge is -2.10. The lowest BCUT2D eigenvalue weighted by atomic mass is 9.93. The molecule has 2 heterocycles. The van der Waals surface area contributed by atoms with Gasteiger partial charge in [0, 0.05) is 12.2 Å². The van der Waals surface area contributed by atoms with Crippen molar-refractivity contribution in [3.63, 3.8) is 0 Å². The highest BCUT2D eigenvalue weighted by Gasteiger charge is 2.25. The second-order valence-corrected chi connectivity index (χ2v) is 5.88. The maximum atomic E-state index is 12.0. The Hall–Kier alpha value is -3.80. The summed E-state index contributed by atoms with van der Waals surface area (Å²) >= 11 is 0. The van der Waals surface area contributed by atoms with Gasteiger partial charge in [-0.15, -0.1) is 0 Å². The third kappa shape index (κ3) is 2.63. The Morgan fingerprint density at radius 3 is 1.58 bits per heavy atom. The zero-order chi connectivity index (χ0) is 18.3. The molecule has 0 saturated heterocycles. The Labute approximate surface area is 148 Å². The predicted octanol–water partition coefficient (Wildman–Crippen LogP) is 1.43. The van der Waals surface area contributed by atoms with Crippen molar-refractivity contribution in [1.82, 2.24) is 10.6 Å². The van der Waals surface area contributed by atoms with Crippen LogP contribution in [0.2, 0.25) is 0 Å². The lowest BCUT2D eigenvalue weighted by molar-refractivity contribution is -0.124. The van der Waals surface area contributed by atoms with E-state index in [0.29, 0.717) is 22.3 Å². The first-order valence-corrected chi connectivity index (χ1v) is 7.87. The van der Waals surface area contributed by atoms with Gasteiger partial charge in [0.1, 0.15) is 0 Å². The van der Waals surface area contributed by atoms with Gasteiger partial charge in [-0.3, -0.25) is 29.8 Å². The number of hydrogen-bond donors (Lipinski definition) is 2. The number of carbonyl (C=O) groups is 4. The fourth-order valence-electron chi connectivity index (χ4n) is 3.04. The van der Waals surface area contributed by atoms with Crippen molar-refractivity contribution >= 4 is 34.8 Å². The third-order valence-electron chi connectivity index (χ3n) is 4.24. The highest BCUT2D eigenvalue weighted by atomic mass is 16.2. The number of imide groups is 2. The Morgan fingerprint density at radius 1 is 0.538 bits per heavy atom. The van der Waals surface area contributed by atoms with E-state index in [0.717, 1.165) is 11.1 Å². The molecular weight excluding hydrogens is 332 g/mol. The first-order valence-electron chi connectivity index (χ1n) is 7.87. The van der Waals surface area contributed by atoms with Gasteiger partial charge in [0.05, 0.1) is 11.1 Å². The van der Waals surface area contributed by atoms with Crippen LogP contribution in [-0.4, -0.2) is 23.6 Å². The van der Waals surface area contributed by atoms with Crippen LogP contribution in [0.4, 0.5) is 0 Å². The number of nitrogens with one attached hydrogen (secondary N) is 2. The second kappa shape index (κ2) is 5.93. The molecule has 0 bridgehead atoms. The first-order chi connectivity index (χ1) is 12.5. The third-order valence-corrected chi connectivity index (χ3v) is 4.24. The van der Waals surface area contributed by atoms with Gasteiger partial charge in [0.2, 0.25) is 0 Å². The molecule has 4 rings (SSSR count). The van der Waals surface area contributed by atoms with Crippen LogP contribution in [0, 0.1) is 0 Å². The number of amides is 4. The van der Waals surface area contributed by atoms with Crippen molar-refractivity contribution < 1.29 is 19.2 Å². The highest BCUT2D eigenvalue weighted by Crippen LogP contribution is 2.31. The van der Waals surface area contributed by atoms with Crippen LogP contribution in [0.15, 0.2) is 60.7 Å². The molecule has 6 nitrogen and oxygen atoms in total. The number of carbonyl (C=O) groups excluding carboxylic acids is 4. The van der Waals surface area contributed by atoms with Crippen molar-refractivity contribution in [2.45, 2.75) is 0 Å². The summed E-state index contributed by atoms with van der Waals surface area (Å²) in [4.78, 5) is 46.5. The van der Waals surface area contributed by atoms with Crippen LogP contribution in [0.3, 0.4) is 0 Å². The average molecular weight is 344 g/mol. The van der Waals surface area contributed by atoms with Crippen molar-refractivity contribution in [3.8, 4) is 11.1 Å². The Morgan fingerprint density at radius 2 is 1.04 bits per heavy atom. The Bertz CT molecular complexity index is 1050. The van der Waals surface area contributed by atoms with E-state index >= 15 is 0 Å². The van der Waals surface area contributed by atoms with E-state index in [1.54, 1.807) is 36.4 Å². The predicted molar refractivity (Wildman–Crippen MR) is 94.1 cm³/mol. The standard InChI is InChI=1S/C20H12N2O4/c23-17-9-15(19(25)21-17)12-7-5-11(6-8-12)13-3-1-2-4-14(13)16-10-18(24)22-20(16)26/h1-10H,(H,21,23,25)(H,22,24,26). The molecule has 2 aromatic carbocycles. The molecule has 0 aliphatic carbocycles. The van der Waals surface area contributed by atoms with Crippen molar-refractivity contribution in [2.24, 2.45) is 0 Å². The maximum Gasteiger partial charge on any atom is 0.258 e. The van der Waals surface area contributed by atoms with Gasteiger partial charge < -0.3 is 0 Å². The molecule has 26 heavy (non-hydrogen) atoms. The lowest BCUT2D eigenvalue weighted by Crippen LogP contribution is -2.21. The molecule has 0 spiro atoms. The number of hydrogen-bond acceptors (Lipinski definition) is 4. The molecule has 126 valence electrons. The van der Waals surface area contributed by atoms with Gasteiger partial charge in [0.15, 0.2) is 0 Å². The molecule has 2 N–H and O–H groups in total. The highest BCUT2D eigenvalue weighted by molar-refractivity contribution is 6.34. The van der Waals surface area contributed by atoms with Gasteiger partial charge in [-0.25, -0.2) is 0 Å². The van der Waals surface area contributed by atoms with Crippen LogP contribution in [0.5, 0.6) is 0 Å². The summed E-state index contributed by atoms with van der Waals surface area (Å²) in [6, 6.07) is 14.4. The van der Waals surface area contributed by atoms with E-state index in [9.17, 15) is 19.2 Å². The largest absolute Gasteiger partial charge is 0.289 e. The van der Waals surface area contributed by atoms with Crippen molar-refractivity contribution in [1.29, 1.82) is 0 Å². The smallest absolute Gasteiger partial charge is 0.258 e. The molecule has 2 aliphatic heterocycles. The molecule has 2 aromatic rings. The van der Waals surface area contributed by atoms with Crippen LogP contribution < -0.4 is 10.6 Å². The minimum absolute atomic E-state index is 0.318. The van der Waals surface area contributed by atoms with E-state index in [1.165, 1.54) is 12.2 Å². The second-order valence-electron chi connectivity index (χ2n) is 5.88. The summed E-state index contributed by atoms with van der Waals surface area (Å²) in [6.45, 7) is 0.